The number of hydrogen-bond acceptors (Lipinski definition) is 1. The molecule has 0 unspecified atom stereocenters. The molecule has 2 N–H and O–H groups in total. The van der Waals surface area contributed by atoms with Crippen LogP contribution in [0.3, 0.4) is 0 Å². The van der Waals surface area contributed by atoms with Crippen molar-refractivity contribution in [3.05, 3.63) is 27.9 Å². The van der Waals surface area contributed by atoms with Gasteiger partial charge in [0.25, 0.3) is 0 Å². The van der Waals surface area contributed by atoms with Gasteiger partial charge in [0.15, 0.2) is 0 Å². The highest BCUT2D eigenvalue weighted by atomic mass is 79.9. The van der Waals surface area contributed by atoms with E-state index in [1.807, 2.05) is 6.07 Å². The number of nitrogens with zero attached hydrogens (tertiary/aromatic N) is 1. The molecule has 2 nitrogen and oxygen atoms in total. The van der Waals surface area contributed by atoms with Crippen LogP contribution in [-0.4, -0.2) is 4.57 Å². The second kappa shape index (κ2) is 3.56. The van der Waals surface area contributed by atoms with Gasteiger partial charge in [-0.1, -0.05) is 6.92 Å². The molecule has 2 rings (SSSR count). The second-order valence-corrected chi connectivity index (χ2v) is 4.74. The molecule has 0 atom stereocenters. The molecule has 0 saturated carbocycles. The van der Waals surface area contributed by atoms with Gasteiger partial charge in [-0.3, -0.25) is 0 Å². The summed E-state index contributed by atoms with van der Waals surface area (Å²) in [7, 11) is 2.11. The Labute approximate surface area is 98.2 Å². The van der Waals surface area contributed by atoms with Gasteiger partial charge in [-0.25, -0.2) is 0 Å². The molecule has 1 heterocycles. The van der Waals surface area contributed by atoms with Gasteiger partial charge >= 0.3 is 0 Å². The summed E-state index contributed by atoms with van der Waals surface area (Å²) in [6, 6.07) is 4.01. The molecule has 1 aromatic carbocycles. The topological polar surface area (TPSA) is 30.9 Å². The molecule has 15 heavy (non-hydrogen) atoms. The molecule has 80 valence electrons. The maximum atomic E-state index is 5.86. The number of hydrogen-bond donors (Lipinski definition) is 1. The van der Waals surface area contributed by atoms with Crippen LogP contribution in [0.1, 0.15) is 18.2 Å². The van der Waals surface area contributed by atoms with Crippen molar-refractivity contribution >= 4 is 32.5 Å². The third-order valence-electron chi connectivity index (χ3n) is 3.00. The van der Waals surface area contributed by atoms with Crippen LogP contribution in [0, 0.1) is 6.92 Å². The molecule has 0 aliphatic carbocycles. The molecule has 0 radical (unpaired) electrons. The number of nitrogens with two attached hydrogens (primary N) is 1. The van der Waals surface area contributed by atoms with E-state index in [0.29, 0.717) is 0 Å². The van der Waals surface area contributed by atoms with E-state index in [1.54, 1.807) is 0 Å². The minimum atomic E-state index is 0.811. The van der Waals surface area contributed by atoms with Crippen molar-refractivity contribution in [2.24, 2.45) is 7.05 Å². The Morgan fingerprint density at radius 3 is 2.67 bits per heavy atom. The molecule has 0 bridgehead atoms. The average molecular weight is 267 g/mol. The van der Waals surface area contributed by atoms with E-state index in [1.165, 1.54) is 22.2 Å². The quantitative estimate of drug-likeness (QED) is 0.789. The van der Waals surface area contributed by atoms with Gasteiger partial charge in [-0.05, 0) is 47.0 Å². The van der Waals surface area contributed by atoms with Crippen molar-refractivity contribution in [2.45, 2.75) is 20.3 Å². The van der Waals surface area contributed by atoms with E-state index in [0.717, 1.165) is 16.6 Å². The number of rotatable bonds is 1. The number of benzene rings is 1. The second-order valence-electron chi connectivity index (χ2n) is 3.88. The average Bonchev–Trinajstić information content (AvgIpc) is 2.39. The van der Waals surface area contributed by atoms with Crippen LogP contribution in [0.4, 0.5) is 5.69 Å². The van der Waals surface area contributed by atoms with E-state index in [2.05, 4.69) is 47.5 Å². The summed E-state index contributed by atoms with van der Waals surface area (Å²) in [5.41, 5.74) is 10.6. The molecule has 3 heteroatoms. The zero-order valence-electron chi connectivity index (χ0n) is 9.26. The summed E-state index contributed by atoms with van der Waals surface area (Å²) in [6.45, 7) is 4.34. The first-order valence-electron chi connectivity index (χ1n) is 5.09. The lowest BCUT2D eigenvalue weighted by Gasteiger charge is -2.03. The normalized spacial score (nSPS) is 11.2. The highest BCUT2D eigenvalue weighted by Gasteiger charge is 2.12. The molecular formula is C12H15BrN2. The maximum absolute atomic E-state index is 5.86. The van der Waals surface area contributed by atoms with Crippen molar-refractivity contribution in [3.8, 4) is 0 Å². The van der Waals surface area contributed by atoms with Gasteiger partial charge in [0.2, 0.25) is 0 Å². The number of nitrogen functional groups attached to an aromatic ring is 1. The summed E-state index contributed by atoms with van der Waals surface area (Å²) < 4.78 is 3.32. The number of fused-ring (bicyclic) bond motifs is 1. The molecule has 0 saturated heterocycles. The highest BCUT2D eigenvalue weighted by Crippen LogP contribution is 2.32. The molecule has 0 amide bonds. The van der Waals surface area contributed by atoms with Crippen molar-refractivity contribution < 1.29 is 0 Å². The fourth-order valence-corrected chi connectivity index (χ4v) is 3.03. The molecular weight excluding hydrogens is 252 g/mol. The fraction of sp³-hybridized carbons (Fsp3) is 0.333. The Balaban J connectivity index is 2.95. The van der Waals surface area contributed by atoms with Crippen LogP contribution in [-0.2, 0) is 13.5 Å². The van der Waals surface area contributed by atoms with Gasteiger partial charge < -0.3 is 10.3 Å². The van der Waals surface area contributed by atoms with Crippen LogP contribution < -0.4 is 5.73 Å². The Morgan fingerprint density at radius 2 is 2.07 bits per heavy atom. The Kier molecular flexibility index (Phi) is 2.51. The number of aryl methyl sites for hydroxylation is 2. The molecule has 2 aromatic rings. The molecule has 0 spiro atoms. The standard InChI is InChI=1S/C12H15BrN2/c1-4-11-7(2)9-5-8(14)6-10(13)12(9)15(11)3/h5-6H,4,14H2,1-3H3. The summed E-state index contributed by atoms with van der Waals surface area (Å²) in [6.07, 6.45) is 1.04. The summed E-state index contributed by atoms with van der Waals surface area (Å²) >= 11 is 3.57. The zero-order chi connectivity index (χ0) is 11.2. The molecule has 0 aliphatic heterocycles. The molecule has 1 aromatic heterocycles. The van der Waals surface area contributed by atoms with Crippen LogP contribution in [0.25, 0.3) is 10.9 Å². The van der Waals surface area contributed by atoms with Crippen LogP contribution in [0.2, 0.25) is 0 Å². The van der Waals surface area contributed by atoms with E-state index < -0.39 is 0 Å². The first-order chi connectivity index (χ1) is 7.06. The van der Waals surface area contributed by atoms with Crippen LogP contribution >= 0.6 is 15.9 Å². The van der Waals surface area contributed by atoms with Gasteiger partial charge in [0.1, 0.15) is 0 Å². The van der Waals surface area contributed by atoms with E-state index in [9.17, 15) is 0 Å². The number of halogens is 1. The Bertz CT molecular complexity index is 526. The maximum Gasteiger partial charge on any atom is 0.0628 e. The lowest BCUT2D eigenvalue weighted by Crippen LogP contribution is -1.95. The van der Waals surface area contributed by atoms with Crippen LogP contribution in [0.5, 0.6) is 0 Å². The fourth-order valence-electron chi connectivity index (χ4n) is 2.29. The summed E-state index contributed by atoms with van der Waals surface area (Å²) in [5, 5.41) is 1.25. The third kappa shape index (κ3) is 1.46. The van der Waals surface area contributed by atoms with Gasteiger partial charge in [-0.15, -0.1) is 0 Å². The van der Waals surface area contributed by atoms with Crippen LogP contribution in [0.15, 0.2) is 16.6 Å². The largest absolute Gasteiger partial charge is 0.399 e. The third-order valence-corrected chi connectivity index (χ3v) is 3.60. The highest BCUT2D eigenvalue weighted by molar-refractivity contribution is 9.10. The minimum Gasteiger partial charge on any atom is -0.399 e. The SMILES string of the molecule is CCc1c(C)c2cc(N)cc(Br)c2n1C. The Morgan fingerprint density at radius 1 is 1.40 bits per heavy atom. The predicted octanol–water partition coefficient (Wildman–Crippen LogP) is 3.39. The lowest BCUT2D eigenvalue weighted by molar-refractivity contribution is 0.856. The van der Waals surface area contributed by atoms with Gasteiger partial charge in [-0.2, -0.15) is 0 Å². The lowest BCUT2D eigenvalue weighted by atomic mass is 10.1. The van der Waals surface area contributed by atoms with E-state index in [4.69, 9.17) is 5.73 Å². The summed E-state index contributed by atoms with van der Waals surface area (Å²) in [4.78, 5) is 0. The number of anilines is 1. The summed E-state index contributed by atoms with van der Waals surface area (Å²) in [5.74, 6) is 0. The van der Waals surface area contributed by atoms with Gasteiger partial charge in [0, 0.05) is 28.3 Å². The molecule has 0 aliphatic rings. The van der Waals surface area contributed by atoms with E-state index >= 15 is 0 Å². The van der Waals surface area contributed by atoms with Crippen molar-refractivity contribution in [2.75, 3.05) is 5.73 Å². The van der Waals surface area contributed by atoms with E-state index in [-0.39, 0.29) is 0 Å². The first kappa shape index (κ1) is 10.6. The predicted molar refractivity (Wildman–Crippen MR) is 69.1 cm³/mol. The minimum absolute atomic E-state index is 0.811. The van der Waals surface area contributed by atoms with Crippen molar-refractivity contribution in [1.82, 2.24) is 4.57 Å². The monoisotopic (exact) mass is 266 g/mol. The van der Waals surface area contributed by atoms with Crippen molar-refractivity contribution in [1.29, 1.82) is 0 Å². The number of aromatic nitrogens is 1. The molecule has 0 fully saturated rings. The van der Waals surface area contributed by atoms with Gasteiger partial charge in [0.05, 0.1) is 5.52 Å². The zero-order valence-corrected chi connectivity index (χ0v) is 10.9. The Hall–Kier alpha value is -0.960. The van der Waals surface area contributed by atoms with Crippen molar-refractivity contribution in [3.63, 3.8) is 0 Å². The first-order valence-corrected chi connectivity index (χ1v) is 5.88. The smallest absolute Gasteiger partial charge is 0.0628 e.